The van der Waals surface area contributed by atoms with Crippen LogP contribution in [0.1, 0.15) is 25.3 Å². The van der Waals surface area contributed by atoms with Gasteiger partial charge in [-0.05, 0) is 23.8 Å². The van der Waals surface area contributed by atoms with E-state index in [0.29, 0.717) is 18.1 Å². The van der Waals surface area contributed by atoms with Crippen molar-refractivity contribution < 1.29 is 9.84 Å². The molecule has 1 aliphatic heterocycles. The zero-order valence-corrected chi connectivity index (χ0v) is 10.1. The Hall–Kier alpha value is -0.900. The summed E-state index contributed by atoms with van der Waals surface area (Å²) in [4.78, 5) is 0. The molecule has 1 aromatic rings. The van der Waals surface area contributed by atoms with Crippen molar-refractivity contribution in [2.24, 2.45) is 5.41 Å². The lowest BCUT2D eigenvalue weighted by Gasteiger charge is -2.21. The highest BCUT2D eigenvalue weighted by Crippen LogP contribution is 2.54. The SMILES string of the molecule is C[C@]12C[C@@H](C(O)OCc3ccccc3)N[C@H]1C2. The quantitative estimate of drug-likeness (QED) is 0.777. The largest absolute Gasteiger partial charge is 0.367 e. The molecule has 0 spiro atoms. The van der Waals surface area contributed by atoms with Crippen LogP contribution in [0.4, 0.5) is 0 Å². The molecule has 1 unspecified atom stereocenters. The Labute approximate surface area is 102 Å². The van der Waals surface area contributed by atoms with Crippen molar-refractivity contribution in [1.29, 1.82) is 0 Å². The van der Waals surface area contributed by atoms with Gasteiger partial charge in [-0.2, -0.15) is 0 Å². The Morgan fingerprint density at radius 3 is 2.82 bits per heavy atom. The number of nitrogens with one attached hydrogen (secondary N) is 1. The van der Waals surface area contributed by atoms with E-state index in [4.69, 9.17) is 4.74 Å². The van der Waals surface area contributed by atoms with E-state index in [1.807, 2.05) is 30.3 Å². The molecule has 2 aliphatic rings. The van der Waals surface area contributed by atoms with Crippen molar-refractivity contribution >= 4 is 0 Å². The monoisotopic (exact) mass is 233 g/mol. The molecule has 0 radical (unpaired) electrons. The Morgan fingerprint density at radius 1 is 1.41 bits per heavy atom. The lowest BCUT2D eigenvalue weighted by Crippen LogP contribution is -2.38. The fourth-order valence-corrected chi connectivity index (χ4v) is 2.77. The van der Waals surface area contributed by atoms with Crippen LogP contribution in [-0.4, -0.2) is 23.5 Å². The smallest absolute Gasteiger partial charge is 0.170 e. The summed E-state index contributed by atoms with van der Waals surface area (Å²) in [6, 6.07) is 10.7. The molecule has 1 saturated heterocycles. The van der Waals surface area contributed by atoms with Gasteiger partial charge in [0.1, 0.15) is 0 Å². The second-order valence-corrected chi connectivity index (χ2v) is 5.58. The molecule has 0 aromatic heterocycles. The number of hydrogen-bond donors (Lipinski definition) is 2. The zero-order chi connectivity index (χ0) is 11.9. The van der Waals surface area contributed by atoms with Crippen molar-refractivity contribution in [2.75, 3.05) is 0 Å². The fourth-order valence-electron chi connectivity index (χ4n) is 2.77. The van der Waals surface area contributed by atoms with Crippen LogP contribution in [0.3, 0.4) is 0 Å². The highest BCUT2D eigenvalue weighted by Gasteiger charge is 2.57. The van der Waals surface area contributed by atoms with Gasteiger partial charge in [-0.1, -0.05) is 37.3 Å². The summed E-state index contributed by atoms with van der Waals surface area (Å²) < 4.78 is 5.52. The van der Waals surface area contributed by atoms with Gasteiger partial charge in [-0.3, -0.25) is 0 Å². The first-order valence-electron chi connectivity index (χ1n) is 6.27. The van der Waals surface area contributed by atoms with Gasteiger partial charge in [0.15, 0.2) is 6.29 Å². The number of benzene rings is 1. The van der Waals surface area contributed by atoms with Gasteiger partial charge in [0.05, 0.1) is 12.6 Å². The molecule has 1 aromatic carbocycles. The molecule has 4 atom stereocenters. The number of piperidine rings is 1. The molecule has 1 aliphatic carbocycles. The van der Waals surface area contributed by atoms with Crippen LogP contribution in [0.5, 0.6) is 0 Å². The molecule has 17 heavy (non-hydrogen) atoms. The molecule has 0 bridgehead atoms. The second-order valence-electron chi connectivity index (χ2n) is 5.58. The fraction of sp³-hybridized carbons (Fsp3) is 0.571. The molecule has 1 saturated carbocycles. The van der Waals surface area contributed by atoms with Crippen molar-refractivity contribution in [3.8, 4) is 0 Å². The average molecular weight is 233 g/mol. The molecule has 3 nitrogen and oxygen atoms in total. The highest BCUT2D eigenvalue weighted by molar-refractivity contribution is 5.15. The Balaban J connectivity index is 1.50. The molecular formula is C14H19NO2. The Kier molecular flexibility index (Phi) is 2.69. The summed E-state index contributed by atoms with van der Waals surface area (Å²) in [5.41, 5.74) is 1.52. The third-order valence-corrected chi connectivity index (χ3v) is 4.06. The number of aliphatic hydroxyl groups is 1. The second kappa shape index (κ2) is 4.09. The minimum atomic E-state index is -0.695. The predicted octanol–water partition coefficient (Wildman–Crippen LogP) is 1.66. The summed E-state index contributed by atoms with van der Waals surface area (Å²) in [7, 11) is 0. The molecule has 3 rings (SSSR count). The minimum absolute atomic E-state index is 0.0995. The maximum Gasteiger partial charge on any atom is 0.170 e. The molecule has 92 valence electrons. The van der Waals surface area contributed by atoms with E-state index < -0.39 is 6.29 Å². The van der Waals surface area contributed by atoms with Crippen LogP contribution in [0.2, 0.25) is 0 Å². The topological polar surface area (TPSA) is 41.5 Å². The Morgan fingerprint density at radius 2 is 2.18 bits per heavy atom. The molecular weight excluding hydrogens is 214 g/mol. The van der Waals surface area contributed by atoms with Crippen molar-refractivity contribution in [3.63, 3.8) is 0 Å². The van der Waals surface area contributed by atoms with Gasteiger partial charge < -0.3 is 15.2 Å². The Bertz CT molecular complexity index is 394. The summed E-state index contributed by atoms with van der Waals surface area (Å²) >= 11 is 0. The van der Waals surface area contributed by atoms with E-state index >= 15 is 0 Å². The van der Waals surface area contributed by atoms with Crippen LogP contribution in [0.15, 0.2) is 30.3 Å². The van der Waals surface area contributed by atoms with Crippen molar-refractivity contribution in [2.45, 2.75) is 44.7 Å². The van der Waals surface area contributed by atoms with E-state index in [1.54, 1.807) is 0 Å². The summed E-state index contributed by atoms with van der Waals surface area (Å²) in [5.74, 6) is 0. The lowest BCUT2D eigenvalue weighted by atomic mass is 10.0. The maximum absolute atomic E-state index is 9.98. The summed E-state index contributed by atoms with van der Waals surface area (Å²) in [6.07, 6.45) is 1.57. The first kappa shape index (κ1) is 11.2. The number of hydrogen-bond acceptors (Lipinski definition) is 3. The number of fused-ring (bicyclic) bond motifs is 1. The molecule has 0 amide bonds. The highest BCUT2D eigenvalue weighted by atomic mass is 16.6. The van der Waals surface area contributed by atoms with Crippen LogP contribution >= 0.6 is 0 Å². The van der Waals surface area contributed by atoms with Crippen LogP contribution in [-0.2, 0) is 11.3 Å². The number of aliphatic hydroxyl groups excluding tert-OH is 1. The van der Waals surface area contributed by atoms with Crippen LogP contribution < -0.4 is 5.32 Å². The zero-order valence-electron chi connectivity index (χ0n) is 10.1. The van der Waals surface area contributed by atoms with E-state index in [-0.39, 0.29) is 6.04 Å². The van der Waals surface area contributed by atoms with E-state index in [1.165, 1.54) is 6.42 Å². The number of ether oxygens (including phenoxy) is 1. The first-order valence-corrected chi connectivity index (χ1v) is 6.27. The van der Waals surface area contributed by atoms with Gasteiger partial charge in [0, 0.05) is 6.04 Å². The molecule has 1 heterocycles. The van der Waals surface area contributed by atoms with Crippen LogP contribution in [0, 0.1) is 5.41 Å². The van der Waals surface area contributed by atoms with Gasteiger partial charge in [-0.15, -0.1) is 0 Å². The third-order valence-electron chi connectivity index (χ3n) is 4.06. The van der Waals surface area contributed by atoms with E-state index in [9.17, 15) is 5.11 Å². The first-order chi connectivity index (χ1) is 8.17. The summed E-state index contributed by atoms with van der Waals surface area (Å²) in [6.45, 7) is 2.75. The van der Waals surface area contributed by atoms with Crippen LogP contribution in [0.25, 0.3) is 0 Å². The summed E-state index contributed by atoms with van der Waals surface area (Å²) in [5, 5.41) is 13.4. The van der Waals surface area contributed by atoms with E-state index in [0.717, 1.165) is 12.0 Å². The predicted molar refractivity (Wildman–Crippen MR) is 65.3 cm³/mol. The van der Waals surface area contributed by atoms with Crippen molar-refractivity contribution in [1.82, 2.24) is 5.32 Å². The van der Waals surface area contributed by atoms with E-state index in [2.05, 4.69) is 12.2 Å². The standard InChI is InChI=1S/C14H19NO2/c1-14-7-11(15-12(14)8-14)13(16)17-9-10-5-3-2-4-6-10/h2-6,11-13,15-16H,7-9H2,1H3/t11-,12-,13?,14+/m0/s1. The normalized spacial score (nSPS) is 36.6. The number of rotatable bonds is 4. The van der Waals surface area contributed by atoms with Gasteiger partial charge >= 0.3 is 0 Å². The average Bonchev–Trinajstić information content (AvgIpc) is 2.86. The molecule has 3 heteroatoms. The minimum Gasteiger partial charge on any atom is -0.367 e. The molecule has 2 fully saturated rings. The third kappa shape index (κ3) is 2.23. The van der Waals surface area contributed by atoms with Crippen molar-refractivity contribution in [3.05, 3.63) is 35.9 Å². The van der Waals surface area contributed by atoms with Gasteiger partial charge in [0.25, 0.3) is 0 Å². The van der Waals surface area contributed by atoms with Gasteiger partial charge in [0.2, 0.25) is 0 Å². The molecule has 2 N–H and O–H groups in total. The lowest BCUT2D eigenvalue weighted by molar-refractivity contribution is -0.127. The maximum atomic E-state index is 9.98. The van der Waals surface area contributed by atoms with Gasteiger partial charge in [-0.25, -0.2) is 0 Å².